The number of carbonyl (C=O) groups is 1. The predicted molar refractivity (Wildman–Crippen MR) is 56.8 cm³/mol. The number of alkyl halides is 1. The lowest BCUT2D eigenvalue weighted by molar-refractivity contribution is 0.0948. The molecule has 5 heteroatoms. The van der Waals surface area contributed by atoms with Gasteiger partial charge in [-0.05, 0) is 18.9 Å². The molecule has 0 fully saturated rings. The number of halogens is 1. The van der Waals surface area contributed by atoms with E-state index in [4.69, 9.17) is 17.3 Å². The van der Waals surface area contributed by atoms with Gasteiger partial charge in [-0.2, -0.15) is 0 Å². The average Bonchev–Trinajstić information content (AvgIpc) is 2.28. The second-order valence-electron chi connectivity index (χ2n) is 3.71. The fraction of sp³-hybridized carbons (Fsp3) is 0.500. The predicted octanol–water partition coefficient (Wildman–Crippen LogP) is 0.919. The summed E-state index contributed by atoms with van der Waals surface area (Å²) in [6, 6.07) is 0. The van der Waals surface area contributed by atoms with E-state index in [1.807, 2.05) is 0 Å². The van der Waals surface area contributed by atoms with Crippen LogP contribution in [0.4, 0.5) is 0 Å². The van der Waals surface area contributed by atoms with Crippen molar-refractivity contribution >= 4 is 17.4 Å². The number of hydrogen-bond acceptors (Lipinski definition) is 4. The number of hydrogen-bond donors (Lipinski definition) is 1. The summed E-state index contributed by atoms with van der Waals surface area (Å²) in [5.74, 6) is 1.14. The normalized spacial score (nSPS) is 20.1. The van der Waals surface area contributed by atoms with Gasteiger partial charge in [0.1, 0.15) is 5.82 Å². The van der Waals surface area contributed by atoms with Crippen molar-refractivity contribution in [3.8, 4) is 0 Å². The first-order chi connectivity index (χ1) is 7.24. The molecule has 80 valence electrons. The maximum absolute atomic E-state index is 11.7. The molecule has 2 rings (SSSR count). The van der Waals surface area contributed by atoms with Gasteiger partial charge in [0.05, 0.1) is 17.1 Å². The van der Waals surface area contributed by atoms with E-state index < -0.39 is 0 Å². The first-order valence-electron chi connectivity index (χ1n) is 4.88. The highest BCUT2D eigenvalue weighted by atomic mass is 35.5. The van der Waals surface area contributed by atoms with E-state index in [0.29, 0.717) is 24.4 Å². The van der Waals surface area contributed by atoms with Crippen LogP contribution in [0.15, 0.2) is 6.20 Å². The Morgan fingerprint density at radius 2 is 2.33 bits per heavy atom. The number of nitrogens with zero attached hydrogens (tertiary/aromatic N) is 2. The first kappa shape index (κ1) is 10.5. The molecule has 1 aliphatic carbocycles. The Morgan fingerprint density at radius 1 is 1.53 bits per heavy atom. The summed E-state index contributed by atoms with van der Waals surface area (Å²) in [5, 5.41) is 0. The van der Waals surface area contributed by atoms with Gasteiger partial charge in [0.15, 0.2) is 5.78 Å². The zero-order chi connectivity index (χ0) is 10.8. The van der Waals surface area contributed by atoms with E-state index in [0.717, 1.165) is 12.1 Å². The Labute approximate surface area is 92.9 Å². The van der Waals surface area contributed by atoms with Crippen LogP contribution in [-0.4, -0.2) is 22.3 Å². The van der Waals surface area contributed by atoms with Crippen molar-refractivity contribution in [2.24, 2.45) is 11.7 Å². The van der Waals surface area contributed by atoms with Crippen LogP contribution in [0.5, 0.6) is 0 Å². The van der Waals surface area contributed by atoms with Gasteiger partial charge >= 0.3 is 0 Å². The van der Waals surface area contributed by atoms with E-state index in [9.17, 15) is 4.79 Å². The van der Waals surface area contributed by atoms with Crippen LogP contribution in [0.25, 0.3) is 0 Å². The number of ketones is 1. The van der Waals surface area contributed by atoms with Crippen LogP contribution in [0.1, 0.15) is 28.3 Å². The molecule has 0 amide bonds. The standard InChI is InChI=1S/C10H12ClN3O/c11-3-10-13-5-7-8(14-10)1-6(4-12)2-9(7)15/h5-6H,1-4,12H2. The second kappa shape index (κ2) is 4.24. The van der Waals surface area contributed by atoms with Crippen LogP contribution >= 0.6 is 11.6 Å². The van der Waals surface area contributed by atoms with Crippen molar-refractivity contribution in [3.05, 3.63) is 23.3 Å². The molecule has 1 aromatic heterocycles. The number of fused-ring (bicyclic) bond motifs is 1. The molecule has 2 N–H and O–H groups in total. The number of aromatic nitrogens is 2. The largest absolute Gasteiger partial charge is 0.330 e. The average molecular weight is 226 g/mol. The van der Waals surface area contributed by atoms with E-state index >= 15 is 0 Å². The van der Waals surface area contributed by atoms with Gasteiger partial charge in [-0.15, -0.1) is 11.6 Å². The Kier molecular flexibility index (Phi) is 2.98. The lowest BCUT2D eigenvalue weighted by Crippen LogP contribution is -2.27. The van der Waals surface area contributed by atoms with Gasteiger partial charge in [0.2, 0.25) is 0 Å². The monoisotopic (exact) mass is 225 g/mol. The summed E-state index contributed by atoms with van der Waals surface area (Å²) in [6.07, 6.45) is 2.84. The van der Waals surface area contributed by atoms with Crippen molar-refractivity contribution in [3.63, 3.8) is 0 Å². The summed E-state index contributed by atoms with van der Waals surface area (Å²) in [5.41, 5.74) is 7.00. The lowest BCUT2D eigenvalue weighted by atomic mass is 9.87. The molecule has 0 saturated carbocycles. The molecule has 0 aromatic carbocycles. The molecule has 4 nitrogen and oxygen atoms in total. The fourth-order valence-corrected chi connectivity index (χ4v) is 1.92. The minimum Gasteiger partial charge on any atom is -0.330 e. The van der Waals surface area contributed by atoms with Gasteiger partial charge in [-0.1, -0.05) is 0 Å². The Hall–Kier alpha value is -1.00. The lowest BCUT2D eigenvalue weighted by Gasteiger charge is -2.21. The molecule has 1 aromatic rings. The molecule has 0 saturated heterocycles. The van der Waals surface area contributed by atoms with Crippen molar-refractivity contribution in [2.75, 3.05) is 6.54 Å². The maximum atomic E-state index is 11.7. The molecule has 1 unspecified atom stereocenters. The first-order valence-corrected chi connectivity index (χ1v) is 5.42. The molecular formula is C10H12ClN3O. The van der Waals surface area contributed by atoms with Gasteiger partial charge in [-0.25, -0.2) is 9.97 Å². The number of nitrogens with two attached hydrogens (primary N) is 1. The molecule has 0 aliphatic heterocycles. The third-order valence-electron chi connectivity index (χ3n) is 2.63. The molecule has 15 heavy (non-hydrogen) atoms. The smallest absolute Gasteiger partial charge is 0.166 e. The van der Waals surface area contributed by atoms with Crippen LogP contribution in [-0.2, 0) is 12.3 Å². The van der Waals surface area contributed by atoms with Gasteiger partial charge in [0, 0.05) is 12.6 Å². The molecule has 0 bridgehead atoms. The van der Waals surface area contributed by atoms with Crippen LogP contribution in [0.2, 0.25) is 0 Å². The Balaban J connectivity index is 2.37. The number of carbonyl (C=O) groups excluding carboxylic acids is 1. The zero-order valence-electron chi connectivity index (χ0n) is 8.24. The molecule has 0 spiro atoms. The molecule has 1 atom stereocenters. The second-order valence-corrected chi connectivity index (χ2v) is 3.98. The Bertz CT molecular complexity index is 394. The highest BCUT2D eigenvalue weighted by Gasteiger charge is 2.25. The molecule has 1 aliphatic rings. The molecular weight excluding hydrogens is 214 g/mol. The van der Waals surface area contributed by atoms with E-state index in [2.05, 4.69) is 9.97 Å². The van der Waals surface area contributed by atoms with E-state index in [1.165, 1.54) is 0 Å². The number of rotatable bonds is 2. The topological polar surface area (TPSA) is 68.9 Å². The summed E-state index contributed by atoms with van der Waals surface area (Å²) >= 11 is 5.64. The van der Waals surface area contributed by atoms with E-state index in [-0.39, 0.29) is 17.6 Å². The minimum absolute atomic E-state index is 0.0906. The summed E-state index contributed by atoms with van der Waals surface area (Å²) < 4.78 is 0. The van der Waals surface area contributed by atoms with Crippen LogP contribution in [0.3, 0.4) is 0 Å². The SMILES string of the molecule is NCC1CC(=O)c2cnc(CCl)nc2C1. The van der Waals surface area contributed by atoms with Crippen LogP contribution in [0, 0.1) is 5.92 Å². The van der Waals surface area contributed by atoms with Crippen LogP contribution < -0.4 is 5.73 Å². The van der Waals surface area contributed by atoms with Crippen molar-refractivity contribution < 1.29 is 4.79 Å². The molecule has 0 radical (unpaired) electrons. The number of Topliss-reactive ketones (excluding diaryl/α,β-unsaturated/α-hetero) is 1. The van der Waals surface area contributed by atoms with Gasteiger partial charge < -0.3 is 5.73 Å². The van der Waals surface area contributed by atoms with Crippen molar-refractivity contribution in [2.45, 2.75) is 18.7 Å². The highest BCUT2D eigenvalue weighted by Crippen LogP contribution is 2.23. The van der Waals surface area contributed by atoms with E-state index in [1.54, 1.807) is 6.20 Å². The van der Waals surface area contributed by atoms with Crippen molar-refractivity contribution in [1.82, 2.24) is 9.97 Å². The highest BCUT2D eigenvalue weighted by molar-refractivity contribution is 6.16. The maximum Gasteiger partial charge on any atom is 0.166 e. The third-order valence-corrected chi connectivity index (χ3v) is 2.87. The fourth-order valence-electron chi connectivity index (χ4n) is 1.80. The summed E-state index contributed by atoms with van der Waals surface area (Å²) in [4.78, 5) is 20.0. The summed E-state index contributed by atoms with van der Waals surface area (Å²) in [7, 11) is 0. The summed E-state index contributed by atoms with van der Waals surface area (Å²) in [6.45, 7) is 0.519. The zero-order valence-corrected chi connectivity index (χ0v) is 9.00. The van der Waals surface area contributed by atoms with Gasteiger partial charge in [0.25, 0.3) is 0 Å². The third kappa shape index (κ3) is 2.01. The molecule has 1 heterocycles. The van der Waals surface area contributed by atoms with Crippen molar-refractivity contribution in [1.29, 1.82) is 0 Å². The quantitative estimate of drug-likeness (QED) is 0.760. The van der Waals surface area contributed by atoms with Gasteiger partial charge in [-0.3, -0.25) is 4.79 Å². The Morgan fingerprint density at radius 3 is 3.00 bits per heavy atom. The minimum atomic E-state index is 0.0906.